The molecule has 2 rings (SSSR count). The standard InChI is InChI=1S/C14H19Cl2N3O2/c1-2-10-7-19(3-4-21-10)8-13(20)18-14-11(15)5-9(17)6-12(14)16/h5-6,10H,2-4,7-8,17H2,1H3,(H,18,20). The van der Waals surface area contributed by atoms with Crippen LogP contribution in [0.1, 0.15) is 13.3 Å². The highest BCUT2D eigenvalue weighted by atomic mass is 35.5. The van der Waals surface area contributed by atoms with E-state index < -0.39 is 0 Å². The number of nitrogens with zero attached hydrogens (tertiary/aromatic N) is 1. The van der Waals surface area contributed by atoms with Crippen molar-refractivity contribution in [3.05, 3.63) is 22.2 Å². The quantitative estimate of drug-likeness (QED) is 0.832. The summed E-state index contributed by atoms with van der Waals surface area (Å²) >= 11 is 12.1. The lowest BCUT2D eigenvalue weighted by molar-refractivity contribution is -0.119. The first-order valence-corrected chi connectivity index (χ1v) is 7.63. The number of halogens is 2. The summed E-state index contributed by atoms with van der Waals surface area (Å²) in [5.41, 5.74) is 6.50. The Kier molecular flexibility index (Phi) is 5.70. The summed E-state index contributed by atoms with van der Waals surface area (Å²) in [5, 5.41) is 3.41. The Bertz CT molecular complexity index is 502. The third-order valence-corrected chi connectivity index (χ3v) is 3.97. The van der Waals surface area contributed by atoms with Gasteiger partial charge < -0.3 is 15.8 Å². The molecule has 7 heteroatoms. The number of carbonyl (C=O) groups excluding carboxylic acids is 1. The predicted molar refractivity (Wildman–Crippen MR) is 86.0 cm³/mol. The van der Waals surface area contributed by atoms with E-state index in [-0.39, 0.29) is 18.6 Å². The molecule has 0 aromatic heterocycles. The first-order chi connectivity index (χ1) is 9.99. The summed E-state index contributed by atoms with van der Waals surface area (Å²) in [7, 11) is 0. The van der Waals surface area contributed by atoms with E-state index in [0.717, 1.165) is 19.5 Å². The second-order valence-corrected chi connectivity index (χ2v) is 5.86. The van der Waals surface area contributed by atoms with E-state index in [1.165, 1.54) is 0 Å². The number of nitrogens with two attached hydrogens (primary N) is 1. The van der Waals surface area contributed by atoms with Crippen LogP contribution in [0.5, 0.6) is 0 Å². The van der Waals surface area contributed by atoms with Crippen molar-refractivity contribution in [2.75, 3.05) is 37.3 Å². The SMILES string of the molecule is CCC1CN(CC(=O)Nc2c(Cl)cc(N)cc2Cl)CCO1. The van der Waals surface area contributed by atoms with Crippen LogP contribution in [0.4, 0.5) is 11.4 Å². The Labute approximate surface area is 134 Å². The van der Waals surface area contributed by atoms with Crippen LogP contribution in [-0.2, 0) is 9.53 Å². The molecule has 0 saturated carbocycles. The normalized spacial score (nSPS) is 19.5. The second-order valence-electron chi connectivity index (χ2n) is 5.04. The number of amides is 1. The van der Waals surface area contributed by atoms with Gasteiger partial charge in [0, 0.05) is 18.8 Å². The Balaban J connectivity index is 1.96. The second kappa shape index (κ2) is 7.31. The van der Waals surface area contributed by atoms with Gasteiger partial charge >= 0.3 is 0 Å². The van der Waals surface area contributed by atoms with Gasteiger partial charge in [-0.25, -0.2) is 0 Å². The minimum atomic E-state index is -0.152. The average molecular weight is 332 g/mol. The Hall–Kier alpha value is -1.01. The molecule has 0 bridgehead atoms. The van der Waals surface area contributed by atoms with Crippen LogP contribution in [0.15, 0.2) is 12.1 Å². The minimum Gasteiger partial charge on any atom is -0.399 e. The van der Waals surface area contributed by atoms with Crippen molar-refractivity contribution in [3.8, 4) is 0 Å². The maximum Gasteiger partial charge on any atom is 0.238 e. The zero-order chi connectivity index (χ0) is 15.4. The molecule has 1 aromatic rings. The van der Waals surface area contributed by atoms with Crippen molar-refractivity contribution in [2.24, 2.45) is 0 Å². The molecular formula is C14H19Cl2N3O2. The number of hydrogen-bond acceptors (Lipinski definition) is 4. The smallest absolute Gasteiger partial charge is 0.238 e. The summed E-state index contributed by atoms with van der Waals surface area (Å²) in [5.74, 6) is -0.152. The number of morpholine rings is 1. The highest BCUT2D eigenvalue weighted by molar-refractivity contribution is 6.40. The number of hydrogen-bond donors (Lipinski definition) is 2. The van der Waals surface area contributed by atoms with Crippen molar-refractivity contribution >= 4 is 40.5 Å². The number of rotatable bonds is 4. The molecule has 5 nitrogen and oxygen atoms in total. The summed E-state index contributed by atoms with van der Waals surface area (Å²) < 4.78 is 5.58. The summed E-state index contributed by atoms with van der Waals surface area (Å²) in [4.78, 5) is 14.2. The molecule has 1 unspecified atom stereocenters. The topological polar surface area (TPSA) is 67.6 Å². The summed E-state index contributed by atoms with van der Waals surface area (Å²) in [6.07, 6.45) is 1.13. The predicted octanol–water partition coefficient (Wildman–Crippen LogP) is 2.62. The van der Waals surface area contributed by atoms with Crippen LogP contribution in [-0.4, -0.2) is 43.2 Å². The zero-order valence-electron chi connectivity index (χ0n) is 11.9. The number of ether oxygens (including phenoxy) is 1. The van der Waals surface area contributed by atoms with Crippen LogP contribution < -0.4 is 11.1 Å². The van der Waals surface area contributed by atoms with Gasteiger partial charge in [-0.1, -0.05) is 30.1 Å². The molecule has 1 heterocycles. The average Bonchev–Trinajstić information content (AvgIpc) is 2.43. The fourth-order valence-corrected chi connectivity index (χ4v) is 2.86. The van der Waals surface area contributed by atoms with Crippen LogP contribution in [0.25, 0.3) is 0 Å². The highest BCUT2D eigenvalue weighted by Crippen LogP contribution is 2.32. The minimum absolute atomic E-state index is 0.152. The van der Waals surface area contributed by atoms with E-state index in [1.807, 2.05) is 0 Å². The van der Waals surface area contributed by atoms with E-state index in [2.05, 4.69) is 17.1 Å². The van der Waals surface area contributed by atoms with Crippen LogP contribution in [0, 0.1) is 0 Å². The first-order valence-electron chi connectivity index (χ1n) is 6.88. The molecule has 1 aliphatic rings. The number of nitrogens with one attached hydrogen (secondary N) is 1. The van der Waals surface area contributed by atoms with Crippen LogP contribution in [0.2, 0.25) is 10.0 Å². The molecule has 21 heavy (non-hydrogen) atoms. The fourth-order valence-electron chi connectivity index (χ4n) is 2.27. The molecule has 3 N–H and O–H groups in total. The van der Waals surface area contributed by atoms with Crippen LogP contribution in [0.3, 0.4) is 0 Å². The van der Waals surface area contributed by atoms with Crippen molar-refractivity contribution < 1.29 is 9.53 Å². The van der Waals surface area contributed by atoms with E-state index in [9.17, 15) is 4.79 Å². The molecule has 1 aliphatic heterocycles. The number of benzene rings is 1. The van der Waals surface area contributed by atoms with Gasteiger partial charge in [0.15, 0.2) is 0 Å². The van der Waals surface area contributed by atoms with Gasteiger partial charge in [0.25, 0.3) is 0 Å². The van der Waals surface area contributed by atoms with Gasteiger partial charge in [-0.15, -0.1) is 0 Å². The molecule has 116 valence electrons. The maximum atomic E-state index is 12.1. The van der Waals surface area contributed by atoms with Gasteiger partial charge in [0.1, 0.15) is 0 Å². The van der Waals surface area contributed by atoms with Gasteiger partial charge in [0.05, 0.1) is 35.0 Å². The van der Waals surface area contributed by atoms with Crippen molar-refractivity contribution in [2.45, 2.75) is 19.4 Å². The molecule has 1 fully saturated rings. The Morgan fingerprint density at radius 2 is 2.14 bits per heavy atom. The van der Waals surface area contributed by atoms with Gasteiger partial charge in [0.2, 0.25) is 5.91 Å². The lowest BCUT2D eigenvalue weighted by atomic mass is 10.2. The molecule has 1 amide bonds. The number of carbonyl (C=O) groups is 1. The number of anilines is 2. The molecule has 0 radical (unpaired) electrons. The van der Waals surface area contributed by atoms with E-state index in [4.69, 9.17) is 33.7 Å². The zero-order valence-corrected chi connectivity index (χ0v) is 13.4. The molecular weight excluding hydrogens is 313 g/mol. The van der Waals surface area contributed by atoms with Crippen molar-refractivity contribution in [1.29, 1.82) is 0 Å². The monoisotopic (exact) mass is 331 g/mol. The fraction of sp³-hybridized carbons (Fsp3) is 0.500. The van der Waals surface area contributed by atoms with Crippen molar-refractivity contribution in [3.63, 3.8) is 0 Å². The van der Waals surface area contributed by atoms with Gasteiger partial charge in [-0.05, 0) is 18.6 Å². The highest BCUT2D eigenvalue weighted by Gasteiger charge is 2.21. The Morgan fingerprint density at radius 1 is 1.48 bits per heavy atom. The molecule has 1 atom stereocenters. The lowest BCUT2D eigenvalue weighted by Gasteiger charge is -2.31. The summed E-state index contributed by atoms with van der Waals surface area (Å²) in [6.45, 7) is 4.51. The van der Waals surface area contributed by atoms with E-state index in [1.54, 1.807) is 12.1 Å². The lowest BCUT2D eigenvalue weighted by Crippen LogP contribution is -2.45. The van der Waals surface area contributed by atoms with Gasteiger partial charge in [-0.3, -0.25) is 9.69 Å². The van der Waals surface area contributed by atoms with Gasteiger partial charge in [-0.2, -0.15) is 0 Å². The summed E-state index contributed by atoms with van der Waals surface area (Å²) in [6, 6.07) is 3.12. The maximum absolute atomic E-state index is 12.1. The van der Waals surface area contributed by atoms with Crippen molar-refractivity contribution in [1.82, 2.24) is 4.90 Å². The van der Waals surface area contributed by atoms with E-state index in [0.29, 0.717) is 28.0 Å². The first kappa shape index (κ1) is 16.4. The largest absolute Gasteiger partial charge is 0.399 e. The molecule has 1 saturated heterocycles. The Morgan fingerprint density at radius 3 is 2.76 bits per heavy atom. The third-order valence-electron chi connectivity index (χ3n) is 3.37. The molecule has 1 aromatic carbocycles. The van der Waals surface area contributed by atoms with E-state index >= 15 is 0 Å². The van der Waals surface area contributed by atoms with Crippen LogP contribution >= 0.6 is 23.2 Å². The third kappa shape index (κ3) is 4.48. The molecule has 0 aliphatic carbocycles. The number of nitrogen functional groups attached to an aromatic ring is 1. The molecule has 0 spiro atoms.